The van der Waals surface area contributed by atoms with Gasteiger partial charge in [-0.05, 0) is 23.5 Å². The summed E-state index contributed by atoms with van der Waals surface area (Å²) >= 11 is 0. The molecule has 2 aromatic carbocycles. The van der Waals surface area contributed by atoms with E-state index in [4.69, 9.17) is 5.73 Å². The maximum Gasteiger partial charge on any atom is 0.326 e. The molecule has 3 unspecified atom stereocenters. The molecule has 0 spiro atoms. The zero-order valence-corrected chi connectivity index (χ0v) is 19.4. The SMILES string of the molecule is CC(C)C(NC(=O)C(Cc1ccccc1)NC(=O)CNC(=O)C(N)Cc1ccccc1)C(=O)O. The quantitative estimate of drug-likeness (QED) is 0.308. The molecule has 6 N–H and O–H groups in total. The van der Waals surface area contributed by atoms with Crippen LogP contribution in [0.15, 0.2) is 60.7 Å². The largest absolute Gasteiger partial charge is 0.480 e. The van der Waals surface area contributed by atoms with Crippen LogP contribution >= 0.6 is 0 Å². The van der Waals surface area contributed by atoms with Crippen LogP contribution in [0.25, 0.3) is 0 Å². The number of carbonyl (C=O) groups is 4. The molecule has 182 valence electrons. The molecular formula is C25H32N4O5. The predicted octanol–water partition coefficient (Wildman–Crippen LogP) is 0.626. The minimum atomic E-state index is -1.16. The second-order valence-corrected chi connectivity index (χ2v) is 8.39. The Bertz CT molecular complexity index is 966. The van der Waals surface area contributed by atoms with Gasteiger partial charge >= 0.3 is 5.97 Å². The zero-order valence-electron chi connectivity index (χ0n) is 19.4. The fourth-order valence-corrected chi connectivity index (χ4v) is 3.33. The standard InChI is InChI=1S/C25H32N4O5/c1-16(2)22(25(33)34)29-24(32)20(14-18-11-7-4-8-12-18)28-21(30)15-27-23(31)19(26)13-17-9-5-3-6-10-17/h3-12,16,19-20,22H,13-15,26H2,1-2H3,(H,27,31)(H,28,30)(H,29,32)(H,33,34). The molecule has 0 aromatic heterocycles. The summed E-state index contributed by atoms with van der Waals surface area (Å²) in [5, 5.41) is 17.0. The molecule has 2 aromatic rings. The Hall–Kier alpha value is -3.72. The molecule has 0 saturated heterocycles. The smallest absolute Gasteiger partial charge is 0.326 e. The van der Waals surface area contributed by atoms with Crippen LogP contribution in [-0.4, -0.2) is 53.5 Å². The van der Waals surface area contributed by atoms with Gasteiger partial charge in [-0.2, -0.15) is 0 Å². The summed E-state index contributed by atoms with van der Waals surface area (Å²) in [6.07, 6.45) is 0.476. The van der Waals surface area contributed by atoms with E-state index in [0.717, 1.165) is 11.1 Å². The van der Waals surface area contributed by atoms with Crippen LogP contribution in [-0.2, 0) is 32.0 Å². The van der Waals surface area contributed by atoms with Crippen LogP contribution in [0.5, 0.6) is 0 Å². The summed E-state index contributed by atoms with van der Waals surface area (Å²) in [6.45, 7) is 2.99. The normalized spacial score (nSPS) is 13.4. The molecule has 0 fully saturated rings. The molecule has 0 bridgehead atoms. The van der Waals surface area contributed by atoms with Crippen molar-refractivity contribution in [1.29, 1.82) is 0 Å². The van der Waals surface area contributed by atoms with Gasteiger partial charge < -0.3 is 26.8 Å². The highest BCUT2D eigenvalue weighted by atomic mass is 16.4. The molecule has 9 heteroatoms. The van der Waals surface area contributed by atoms with Gasteiger partial charge in [0.2, 0.25) is 17.7 Å². The van der Waals surface area contributed by atoms with Gasteiger partial charge in [0.25, 0.3) is 0 Å². The molecule has 9 nitrogen and oxygen atoms in total. The van der Waals surface area contributed by atoms with Gasteiger partial charge in [0.05, 0.1) is 12.6 Å². The Labute approximate surface area is 199 Å². The number of rotatable bonds is 12. The van der Waals surface area contributed by atoms with Crippen LogP contribution in [0.3, 0.4) is 0 Å². The molecule has 0 aliphatic rings. The fraction of sp³-hybridized carbons (Fsp3) is 0.360. The lowest BCUT2D eigenvalue weighted by atomic mass is 10.0. The highest BCUT2D eigenvalue weighted by molar-refractivity contribution is 5.92. The third-order valence-electron chi connectivity index (χ3n) is 5.22. The summed E-state index contributed by atoms with van der Waals surface area (Å²) in [5.41, 5.74) is 7.62. The van der Waals surface area contributed by atoms with Crippen molar-refractivity contribution in [2.45, 2.75) is 44.8 Å². The van der Waals surface area contributed by atoms with Gasteiger partial charge in [-0.3, -0.25) is 14.4 Å². The van der Waals surface area contributed by atoms with Crippen molar-refractivity contribution in [2.24, 2.45) is 11.7 Å². The van der Waals surface area contributed by atoms with Crippen LogP contribution in [0.2, 0.25) is 0 Å². The van der Waals surface area contributed by atoms with Crippen molar-refractivity contribution in [2.75, 3.05) is 6.54 Å². The second-order valence-electron chi connectivity index (χ2n) is 8.39. The third-order valence-corrected chi connectivity index (χ3v) is 5.22. The van der Waals surface area contributed by atoms with Crippen molar-refractivity contribution >= 4 is 23.7 Å². The minimum absolute atomic E-state index is 0.157. The molecule has 3 amide bonds. The number of carbonyl (C=O) groups excluding carboxylic acids is 3. The van der Waals surface area contributed by atoms with E-state index in [1.165, 1.54) is 0 Å². The number of aliphatic carboxylic acids is 1. The molecule has 0 aliphatic heterocycles. The maximum absolute atomic E-state index is 12.9. The minimum Gasteiger partial charge on any atom is -0.480 e. The van der Waals surface area contributed by atoms with E-state index in [1.807, 2.05) is 36.4 Å². The number of nitrogens with one attached hydrogen (secondary N) is 3. The first kappa shape index (κ1) is 26.5. The lowest BCUT2D eigenvalue weighted by Crippen LogP contribution is -2.55. The average Bonchev–Trinajstić information content (AvgIpc) is 2.81. The summed E-state index contributed by atoms with van der Waals surface area (Å²) in [7, 11) is 0. The van der Waals surface area contributed by atoms with E-state index in [2.05, 4.69) is 16.0 Å². The van der Waals surface area contributed by atoms with E-state index < -0.39 is 41.8 Å². The Morgan fingerprint density at radius 2 is 1.35 bits per heavy atom. The van der Waals surface area contributed by atoms with E-state index >= 15 is 0 Å². The maximum atomic E-state index is 12.9. The number of benzene rings is 2. The Kier molecular flexibility index (Phi) is 10.2. The number of hydrogen-bond acceptors (Lipinski definition) is 5. The van der Waals surface area contributed by atoms with Gasteiger partial charge in [-0.15, -0.1) is 0 Å². The summed E-state index contributed by atoms with van der Waals surface area (Å²) in [4.78, 5) is 49.2. The number of carboxylic acids is 1. The lowest BCUT2D eigenvalue weighted by Gasteiger charge is -2.23. The Balaban J connectivity index is 1.99. The van der Waals surface area contributed by atoms with E-state index in [0.29, 0.717) is 6.42 Å². The molecule has 34 heavy (non-hydrogen) atoms. The van der Waals surface area contributed by atoms with Gasteiger partial charge in [0.15, 0.2) is 0 Å². The van der Waals surface area contributed by atoms with E-state index in [1.54, 1.807) is 38.1 Å². The van der Waals surface area contributed by atoms with Crippen LogP contribution in [0.1, 0.15) is 25.0 Å². The predicted molar refractivity (Wildman–Crippen MR) is 128 cm³/mol. The highest BCUT2D eigenvalue weighted by Crippen LogP contribution is 2.07. The first-order valence-electron chi connectivity index (χ1n) is 11.1. The van der Waals surface area contributed by atoms with Crippen LogP contribution < -0.4 is 21.7 Å². The van der Waals surface area contributed by atoms with Crippen molar-refractivity contribution < 1.29 is 24.3 Å². The second kappa shape index (κ2) is 13.1. The molecule has 0 saturated carbocycles. The zero-order chi connectivity index (χ0) is 25.1. The number of carboxylic acid groups (broad SMARTS) is 1. The number of nitrogens with two attached hydrogens (primary N) is 1. The van der Waals surface area contributed by atoms with Crippen LogP contribution in [0, 0.1) is 5.92 Å². The van der Waals surface area contributed by atoms with Crippen molar-refractivity contribution in [3.05, 3.63) is 71.8 Å². The summed E-state index contributed by atoms with van der Waals surface area (Å²) in [5.74, 6) is -3.21. The van der Waals surface area contributed by atoms with Gasteiger partial charge in [-0.1, -0.05) is 74.5 Å². The van der Waals surface area contributed by atoms with Gasteiger partial charge in [0.1, 0.15) is 12.1 Å². The van der Waals surface area contributed by atoms with E-state index in [-0.39, 0.29) is 18.9 Å². The molecular weight excluding hydrogens is 436 g/mol. The molecule has 0 heterocycles. The van der Waals surface area contributed by atoms with Crippen molar-refractivity contribution in [3.63, 3.8) is 0 Å². The first-order chi connectivity index (χ1) is 16.2. The molecule has 3 atom stereocenters. The first-order valence-corrected chi connectivity index (χ1v) is 11.1. The highest BCUT2D eigenvalue weighted by Gasteiger charge is 2.28. The monoisotopic (exact) mass is 468 g/mol. The Morgan fingerprint density at radius 3 is 1.85 bits per heavy atom. The van der Waals surface area contributed by atoms with Gasteiger partial charge in [-0.25, -0.2) is 4.79 Å². The summed E-state index contributed by atoms with van der Waals surface area (Å²) in [6, 6.07) is 15.3. The molecule has 0 aliphatic carbocycles. The number of hydrogen-bond donors (Lipinski definition) is 5. The average molecular weight is 469 g/mol. The molecule has 0 radical (unpaired) electrons. The number of amides is 3. The Morgan fingerprint density at radius 1 is 0.824 bits per heavy atom. The van der Waals surface area contributed by atoms with Crippen LogP contribution in [0.4, 0.5) is 0 Å². The van der Waals surface area contributed by atoms with Gasteiger partial charge in [0, 0.05) is 6.42 Å². The van der Waals surface area contributed by atoms with Crippen molar-refractivity contribution in [3.8, 4) is 0 Å². The van der Waals surface area contributed by atoms with Crippen molar-refractivity contribution in [1.82, 2.24) is 16.0 Å². The fourth-order valence-electron chi connectivity index (χ4n) is 3.33. The summed E-state index contributed by atoms with van der Waals surface area (Å²) < 4.78 is 0. The third kappa shape index (κ3) is 8.67. The lowest BCUT2D eigenvalue weighted by molar-refractivity contribution is -0.143. The van der Waals surface area contributed by atoms with E-state index in [9.17, 15) is 24.3 Å². The molecule has 2 rings (SSSR count). The topological polar surface area (TPSA) is 151 Å².